The molecule has 0 unspecified atom stereocenters. The van der Waals surface area contributed by atoms with Gasteiger partial charge in [-0.05, 0) is 80.8 Å². The Morgan fingerprint density at radius 1 is 1.06 bits per heavy atom. The fourth-order valence-corrected chi connectivity index (χ4v) is 4.96. The standard InChI is InChI=1S/C25H27FN4O/c1-16-14-18(17-9-11-19(26)12-10-17)15-22(27-16)23-8-5-13-30(23)25(31)24-20-6-3-2-4-7-21(20)28-29-24/h9-12,14-15,23H,2-8,13H2,1H3,(H,28,29)/t23-/m1/s1. The lowest BCUT2D eigenvalue weighted by Gasteiger charge is -2.25. The van der Waals surface area contributed by atoms with Crippen molar-refractivity contribution < 1.29 is 9.18 Å². The fraction of sp³-hybridized carbons (Fsp3) is 0.400. The summed E-state index contributed by atoms with van der Waals surface area (Å²) in [5, 5.41) is 7.56. The van der Waals surface area contributed by atoms with E-state index in [9.17, 15) is 9.18 Å². The zero-order chi connectivity index (χ0) is 21.4. The van der Waals surface area contributed by atoms with Gasteiger partial charge in [0.05, 0.1) is 11.7 Å². The third-order valence-electron chi connectivity index (χ3n) is 6.51. The quantitative estimate of drug-likeness (QED) is 0.597. The third kappa shape index (κ3) is 3.87. The molecule has 1 aromatic carbocycles. The molecule has 1 aliphatic heterocycles. The van der Waals surface area contributed by atoms with Crippen LogP contribution in [-0.4, -0.2) is 32.5 Å². The molecule has 1 fully saturated rings. The Bertz CT molecular complexity index is 1110. The number of fused-ring (bicyclic) bond motifs is 1. The Morgan fingerprint density at radius 2 is 1.87 bits per heavy atom. The van der Waals surface area contributed by atoms with Crippen LogP contribution in [0.5, 0.6) is 0 Å². The van der Waals surface area contributed by atoms with Crippen molar-refractivity contribution in [3.05, 3.63) is 70.6 Å². The number of amides is 1. The summed E-state index contributed by atoms with van der Waals surface area (Å²) in [6.45, 7) is 2.68. The lowest BCUT2D eigenvalue weighted by atomic mass is 10.0. The molecule has 1 N–H and O–H groups in total. The minimum atomic E-state index is -0.250. The average molecular weight is 419 g/mol. The Kier molecular flexibility index (Phi) is 5.30. The van der Waals surface area contributed by atoms with E-state index in [1.165, 1.54) is 18.6 Å². The zero-order valence-electron chi connectivity index (χ0n) is 17.8. The first-order valence-electron chi connectivity index (χ1n) is 11.2. The van der Waals surface area contributed by atoms with E-state index in [1.54, 1.807) is 12.1 Å². The van der Waals surface area contributed by atoms with Gasteiger partial charge >= 0.3 is 0 Å². The average Bonchev–Trinajstić information content (AvgIpc) is 3.35. The van der Waals surface area contributed by atoms with Crippen molar-refractivity contribution in [2.45, 2.75) is 57.9 Å². The number of halogens is 1. The summed E-state index contributed by atoms with van der Waals surface area (Å²) in [5.74, 6) is -0.242. The highest BCUT2D eigenvalue weighted by Gasteiger charge is 2.34. The molecule has 1 aliphatic carbocycles. The second kappa shape index (κ2) is 8.25. The Balaban J connectivity index is 1.46. The number of aryl methyl sites for hydroxylation is 2. The van der Waals surface area contributed by atoms with Crippen LogP contribution in [0.1, 0.15) is 71.3 Å². The Hall–Kier alpha value is -3.02. The van der Waals surface area contributed by atoms with Gasteiger partial charge in [-0.15, -0.1) is 0 Å². The minimum Gasteiger partial charge on any atom is -0.329 e. The van der Waals surface area contributed by atoms with E-state index < -0.39 is 0 Å². The van der Waals surface area contributed by atoms with Crippen molar-refractivity contribution in [2.75, 3.05) is 6.54 Å². The molecule has 0 saturated carbocycles. The van der Waals surface area contributed by atoms with Gasteiger partial charge in [-0.1, -0.05) is 18.6 Å². The van der Waals surface area contributed by atoms with Gasteiger partial charge in [0.1, 0.15) is 5.82 Å². The number of hydrogen-bond acceptors (Lipinski definition) is 3. The number of carbonyl (C=O) groups is 1. The van der Waals surface area contributed by atoms with Crippen LogP contribution in [0.25, 0.3) is 11.1 Å². The second-order valence-electron chi connectivity index (χ2n) is 8.68. The largest absolute Gasteiger partial charge is 0.329 e. The molecule has 6 heteroatoms. The number of aromatic amines is 1. The maximum absolute atomic E-state index is 13.5. The van der Waals surface area contributed by atoms with E-state index in [2.05, 4.69) is 10.2 Å². The summed E-state index contributed by atoms with van der Waals surface area (Å²) in [4.78, 5) is 20.2. The number of benzene rings is 1. The van der Waals surface area contributed by atoms with Crippen LogP contribution in [0.2, 0.25) is 0 Å². The molecule has 3 aromatic rings. The minimum absolute atomic E-state index is 0.00791. The summed E-state index contributed by atoms with van der Waals surface area (Å²) >= 11 is 0. The molecule has 0 spiro atoms. The van der Waals surface area contributed by atoms with Gasteiger partial charge in [0, 0.05) is 23.5 Å². The number of rotatable bonds is 3. The molecular formula is C25H27FN4O. The van der Waals surface area contributed by atoms with Crippen LogP contribution in [0.4, 0.5) is 4.39 Å². The summed E-state index contributed by atoms with van der Waals surface area (Å²) in [6, 6.07) is 10.5. The zero-order valence-corrected chi connectivity index (χ0v) is 17.8. The maximum Gasteiger partial charge on any atom is 0.275 e. The van der Waals surface area contributed by atoms with Crippen molar-refractivity contribution in [1.29, 1.82) is 0 Å². The number of likely N-dealkylation sites (tertiary alicyclic amines) is 1. The number of H-pyrrole nitrogens is 1. The molecule has 1 saturated heterocycles. The highest BCUT2D eigenvalue weighted by Crippen LogP contribution is 2.35. The van der Waals surface area contributed by atoms with E-state index in [1.807, 2.05) is 24.0 Å². The molecule has 2 aromatic heterocycles. The van der Waals surface area contributed by atoms with Crippen LogP contribution in [0.3, 0.4) is 0 Å². The smallest absolute Gasteiger partial charge is 0.275 e. The molecule has 5 rings (SSSR count). The number of nitrogens with zero attached hydrogens (tertiary/aromatic N) is 3. The number of pyridine rings is 1. The molecule has 1 atom stereocenters. The first-order chi connectivity index (χ1) is 15.1. The lowest BCUT2D eigenvalue weighted by Crippen LogP contribution is -2.32. The van der Waals surface area contributed by atoms with Crippen molar-refractivity contribution >= 4 is 5.91 Å². The number of nitrogens with one attached hydrogen (secondary N) is 1. The Labute approximate surface area is 181 Å². The normalized spacial score (nSPS) is 18.6. The molecule has 3 heterocycles. The maximum atomic E-state index is 13.5. The molecule has 31 heavy (non-hydrogen) atoms. The van der Waals surface area contributed by atoms with Gasteiger partial charge in [-0.25, -0.2) is 4.39 Å². The van der Waals surface area contributed by atoms with E-state index in [-0.39, 0.29) is 17.8 Å². The number of aromatic nitrogens is 3. The summed E-state index contributed by atoms with van der Waals surface area (Å²) in [5.41, 5.74) is 6.56. The van der Waals surface area contributed by atoms with E-state index in [0.717, 1.165) is 72.3 Å². The van der Waals surface area contributed by atoms with Crippen molar-refractivity contribution in [2.24, 2.45) is 0 Å². The van der Waals surface area contributed by atoms with Gasteiger partial charge in [0.15, 0.2) is 5.69 Å². The fourth-order valence-electron chi connectivity index (χ4n) is 4.96. The van der Waals surface area contributed by atoms with E-state index >= 15 is 0 Å². The molecular weight excluding hydrogens is 391 g/mol. The van der Waals surface area contributed by atoms with Crippen molar-refractivity contribution in [3.63, 3.8) is 0 Å². The number of carbonyl (C=O) groups excluding carboxylic acids is 1. The van der Waals surface area contributed by atoms with Crippen molar-refractivity contribution in [3.8, 4) is 11.1 Å². The van der Waals surface area contributed by atoms with Gasteiger partial charge in [-0.3, -0.25) is 14.9 Å². The van der Waals surface area contributed by atoms with E-state index in [0.29, 0.717) is 12.2 Å². The van der Waals surface area contributed by atoms with Gasteiger partial charge in [0.25, 0.3) is 5.91 Å². The van der Waals surface area contributed by atoms with Gasteiger partial charge in [0.2, 0.25) is 0 Å². The predicted molar refractivity (Wildman–Crippen MR) is 117 cm³/mol. The second-order valence-corrected chi connectivity index (χ2v) is 8.68. The van der Waals surface area contributed by atoms with Crippen LogP contribution in [0.15, 0.2) is 36.4 Å². The van der Waals surface area contributed by atoms with Gasteiger partial charge < -0.3 is 4.90 Å². The highest BCUT2D eigenvalue weighted by molar-refractivity contribution is 5.94. The Morgan fingerprint density at radius 3 is 2.71 bits per heavy atom. The summed E-state index contributed by atoms with van der Waals surface area (Å²) in [7, 11) is 0. The SMILES string of the molecule is Cc1cc(-c2ccc(F)cc2)cc([C@H]2CCCN2C(=O)c2n[nH]c3c2CCCCC3)n1. The van der Waals surface area contributed by atoms with Crippen LogP contribution < -0.4 is 0 Å². The topological polar surface area (TPSA) is 61.9 Å². The van der Waals surface area contributed by atoms with Crippen LogP contribution in [0, 0.1) is 12.7 Å². The molecule has 160 valence electrons. The predicted octanol–water partition coefficient (Wildman–Crippen LogP) is 5.17. The summed E-state index contributed by atoms with van der Waals surface area (Å²) in [6.07, 6.45) is 7.18. The van der Waals surface area contributed by atoms with Crippen molar-refractivity contribution in [1.82, 2.24) is 20.1 Å². The molecule has 5 nitrogen and oxygen atoms in total. The highest BCUT2D eigenvalue weighted by atomic mass is 19.1. The first-order valence-corrected chi connectivity index (χ1v) is 11.2. The summed E-state index contributed by atoms with van der Waals surface area (Å²) < 4.78 is 13.4. The number of hydrogen-bond donors (Lipinski definition) is 1. The molecule has 0 radical (unpaired) electrons. The third-order valence-corrected chi connectivity index (χ3v) is 6.51. The monoisotopic (exact) mass is 418 g/mol. The van der Waals surface area contributed by atoms with Crippen LogP contribution >= 0.6 is 0 Å². The lowest BCUT2D eigenvalue weighted by molar-refractivity contribution is 0.0725. The van der Waals surface area contributed by atoms with E-state index in [4.69, 9.17) is 4.98 Å². The molecule has 2 aliphatic rings. The van der Waals surface area contributed by atoms with Gasteiger partial charge in [-0.2, -0.15) is 5.10 Å². The first kappa shape index (κ1) is 19.9. The van der Waals surface area contributed by atoms with Crippen LogP contribution in [-0.2, 0) is 12.8 Å². The molecule has 0 bridgehead atoms. The molecule has 1 amide bonds.